The van der Waals surface area contributed by atoms with Gasteiger partial charge in [-0.2, -0.15) is 0 Å². The van der Waals surface area contributed by atoms with Crippen LogP contribution in [-0.4, -0.2) is 31.3 Å². The Morgan fingerprint density at radius 2 is 2.45 bits per heavy atom. The first-order chi connectivity index (χ1) is 5.33. The van der Waals surface area contributed by atoms with Crippen LogP contribution in [0.25, 0.3) is 0 Å². The molecular weight excluding hydrogens is 138 g/mol. The van der Waals surface area contributed by atoms with Gasteiger partial charge >= 0.3 is 0 Å². The fraction of sp³-hybridized carbons (Fsp3) is 0.667. The molecule has 0 amide bonds. The molecular formula is C9H15NO. The maximum absolute atomic E-state index is 9.98. The maximum Gasteiger partial charge on any atom is 0.123 e. The lowest BCUT2D eigenvalue weighted by molar-refractivity contribution is -0.107. The molecule has 1 aliphatic rings. The Morgan fingerprint density at radius 3 is 3.00 bits per heavy atom. The monoisotopic (exact) mass is 153 g/mol. The Morgan fingerprint density at radius 1 is 1.64 bits per heavy atom. The summed E-state index contributed by atoms with van der Waals surface area (Å²) < 4.78 is 0. The Kier molecular flexibility index (Phi) is 3.30. The number of hydrogen-bond acceptors (Lipinski definition) is 2. The van der Waals surface area contributed by atoms with Crippen LogP contribution in [0, 0.1) is 5.92 Å². The SMILES string of the molecule is CN1CCC(/C=C\CC=O)C1. The Labute approximate surface area is 67.9 Å². The number of carbonyl (C=O) groups excluding carboxylic acids is 1. The van der Waals surface area contributed by atoms with E-state index in [9.17, 15) is 4.79 Å². The molecule has 0 N–H and O–H groups in total. The second-order valence-corrected chi connectivity index (χ2v) is 3.14. The third-order valence-corrected chi connectivity index (χ3v) is 2.07. The van der Waals surface area contributed by atoms with Gasteiger partial charge in [0.25, 0.3) is 0 Å². The molecule has 1 saturated heterocycles. The summed E-state index contributed by atoms with van der Waals surface area (Å²) in [4.78, 5) is 12.3. The summed E-state index contributed by atoms with van der Waals surface area (Å²) in [7, 11) is 2.13. The molecule has 1 fully saturated rings. The molecule has 1 aliphatic heterocycles. The van der Waals surface area contributed by atoms with Crippen LogP contribution < -0.4 is 0 Å². The van der Waals surface area contributed by atoms with E-state index in [1.807, 2.05) is 6.08 Å². The number of likely N-dealkylation sites (tertiary alicyclic amines) is 1. The topological polar surface area (TPSA) is 20.3 Å². The van der Waals surface area contributed by atoms with E-state index >= 15 is 0 Å². The molecule has 0 bridgehead atoms. The van der Waals surface area contributed by atoms with Crippen molar-refractivity contribution in [3.63, 3.8) is 0 Å². The molecule has 0 spiro atoms. The van der Waals surface area contributed by atoms with E-state index in [1.54, 1.807) is 0 Å². The second kappa shape index (κ2) is 4.29. The summed E-state index contributed by atoms with van der Waals surface area (Å²) in [5, 5.41) is 0. The minimum atomic E-state index is 0.570. The molecule has 2 nitrogen and oxygen atoms in total. The van der Waals surface area contributed by atoms with Gasteiger partial charge in [0.05, 0.1) is 0 Å². The zero-order valence-corrected chi connectivity index (χ0v) is 6.99. The predicted octanol–water partition coefficient (Wildman–Crippen LogP) is 1.08. The number of aldehydes is 1. The van der Waals surface area contributed by atoms with Gasteiger partial charge in [0.15, 0.2) is 0 Å². The van der Waals surface area contributed by atoms with Gasteiger partial charge in [-0.05, 0) is 25.9 Å². The zero-order chi connectivity index (χ0) is 8.10. The Balaban J connectivity index is 2.22. The van der Waals surface area contributed by atoms with Crippen LogP contribution in [0.2, 0.25) is 0 Å². The van der Waals surface area contributed by atoms with Crippen molar-refractivity contribution in [3.8, 4) is 0 Å². The molecule has 0 radical (unpaired) electrons. The van der Waals surface area contributed by atoms with Crippen molar-refractivity contribution < 1.29 is 4.79 Å². The summed E-state index contributed by atoms with van der Waals surface area (Å²) in [6.07, 6.45) is 6.88. The summed E-state index contributed by atoms with van der Waals surface area (Å²) in [6.45, 7) is 2.34. The van der Waals surface area contributed by atoms with Crippen molar-refractivity contribution in [3.05, 3.63) is 12.2 Å². The van der Waals surface area contributed by atoms with Gasteiger partial charge in [-0.1, -0.05) is 12.2 Å². The normalized spacial score (nSPS) is 26.5. The van der Waals surface area contributed by atoms with Crippen LogP contribution in [0.1, 0.15) is 12.8 Å². The molecule has 1 unspecified atom stereocenters. The average molecular weight is 153 g/mol. The molecule has 1 rings (SSSR count). The number of allylic oxidation sites excluding steroid dienone is 1. The highest BCUT2D eigenvalue weighted by molar-refractivity contribution is 5.51. The van der Waals surface area contributed by atoms with E-state index in [0.717, 1.165) is 12.8 Å². The Hall–Kier alpha value is -0.630. The fourth-order valence-electron chi connectivity index (χ4n) is 1.45. The van der Waals surface area contributed by atoms with E-state index in [4.69, 9.17) is 0 Å². The molecule has 0 aromatic heterocycles. The van der Waals surface area contributed by atoms with Crippen LogP contribution in [0.4, 0.5) is 0 Å². The quantitative estimate of drug-likeness (QED) is 0.447. The first-order valence-corrected chi connectivity index (χ1v) is 4.12. The molecule has 0 aromatic carbocycles. The van der Waals surface area contributed by atoms with Gasteiger partial charge in [-0.25, -0.2) is 0 Å². The lowest BCUT2D eigenvalue weighted by atomic mass is 10.1. The van der Waals surface area contributed by atoms with Crippen LogP contribution >= 0.6 is 0 Å². The van der Waals surface area contributed by atoms with Crippen molar-refractivity contribution in [1.82, 2.24) is 4.90 Å². The van der Waals surface area contributed by atoms with Gasteiger partial charge in [-0.3, -0.25) is 0 Å². The van der Waals surface area contributed by atoms with Crippen LogP contribution in [0.3, 0.4) is 0 Å². The first-order valence-electron chi connectivity index (χ1n) is 4.12. The highest BCUT2D eigenvalue weighted by atomic mass is 16.1. The molecule has 2 heteroatoms. The van der Waals surface area contributed by atoms with Crippen LogP contribution in [-0.2, 0) is 4.79 Å². The predicted molar refractivity (Wildman–Crippen MR) is 45.4 cm³/mol. The minimum Gasteiger partial charge on any atom is -0.306 e. The maximum atomic E-state index is 9.98. The summed E-state index contributed by atoms with van der Waals surface area (Å²) in [5.74, 6) is 0.681. The third-order valence-electron chi connectivity index (χ3n) is 2.07. The molecule has 1 heterocycles. The van der Waals surface area contributed by atoms with E-state index < -0.39 is 0 Å². The number of rotatable bonds is 3. The molecule has 0 aromatic rings. The second-order valence-electron chi connectivity index (χ2n) is 3.14. The standard InChI is InChI=1S/C9H15NO/c1-10-6-5-9(8-10)4-2-3-7-11/h2,4,7,9H,3,5-6,8H2,1H3/b4-2-. The number of nitrogens with zero attached hydrogens (tertiary/aromatic N) is 1. The zero-order valence-electron chi connectivity index (χ0n) is 6.99. The highest BCUT2D eigenvalue weighted by Gasteiger charge is 2.15. The van der Waals surface area contributed by atoms with Crippen molar-refractivity contribution in [2.45, 2.75) is 12.8 Å². The molecule has 0 saturated carbocycles. The summed E-state index contributed by atoms with van der Waals surface area (Å²) in [6, 6.07) is 0. The van der Waals surface area contributed by atoms with Crippen molar-refractivity contribution in [1.29, 1.82) is 0 Å². The summed E-state index contributed by atoms with van der Waals surface area (Å²) >= 11 is 0. The van der Waals surface area contributed by atoms with Crippen molar-refractivity contribution >= 4 is 6.29 Å². The van der Waals surface area contributed by atoms with Gasteiger partial charge in [0.1, 0.15) is 6.29 Å². The number of hydrogen-bond donors (Lipinski definition) is 0. The first kappa shape index (κ1) is 8.47. The largest absolute Gasteiger partial charge is 0.306 e. The van der Waals surface area contributed by atoms with Gasteiger partial charge < -0.3 is 9.69 Å². The molecule has 1 atom stereocenters. The Bertz CT molecular complexity index is 154. The number of carbonyl (C=O) groups is 1. The molecule has 11 heavy (non-hydrogen) atoms. The fourth-order valence-corrected chi connectivity index (χ4v) is 1.45. The van der Waals surface area contributed by atoms with Crippen LogP contribution in [0.15, 0.2) is 12.2 Å². The molecule has 62 valence electrons. The van der Waals surface area contributed by atoms with Crippen molar-refractivity contribution in [2.24, 2.45) is 5.92 Å². The van der Waals surface area contributed by atoms with Crippen molar-refractivity contribution in [2.75, 3.05) is 20.1 Å². The smallest absolute Gasteiger partial charge is 0.123 e. The third kappa shape index (κ3) is 2.85. The van der Waals surface area contributed by atoms with Gasteiger partial charge in [0.2, 0.25) is 0 Å². The van der Waals surface area contributed by atoms with E-state index in [-0.39, 0.29) is 0 Å². The van der Waals surface area contributed by atoms with E-state index in [0.29, 0.717) is 12.3 Å². The van der Waals surface area contributed by atoms with Gasteiger partial charge in [-0.15, -0.1) is 0 Å². The minimum absolute atomic E-state index is 0.570. The average Bonchev–Trinajstić information content (AvgIpc) is 2.37. The lowest BCUT2D eigenvalue weighted by Gasteiger charge is -2.04. The van der Waals surface area contributed by atoms with Crippen LogP contribution in [0.5, 0.6) is 0 Å². The molecule has 0 aliphatic carbocycles. The van der Waals surface area contributed by atoms with E-state index in [2.05, 4.69) is 18.0 Å². The van der Waals surface area contributed by atoms with Gasteiger partial charge in [0, 0.05) is 13.0 Å². The van der Waals surface area contributed by atoms with E-state index in [1.165, 1.54) is 13.0 Å². The summed E-state index contributed by atoms with van der Waals surface area (Å²) in [5.41, 5.74) is 0. The highest BCUT2D eigenvalue weighted by Crippen LogP contribution is 2.15. The lowest BCUT2D eigenvalue weighted by Crippen LogP contribution is -2.13.